The van der Waals surface area contributed by atoms with Crippen LogP contribution in [0.15, 0.2) is 0 Å². The summed E-state index contributed by atoms with van der Waals surface area (Å²) in [6.07, 6.45) is -26.9. The van der Waals surface area contributed by atoms with Crippen molar-refractivity contribution in [3.8, 4) is 0 Å². The minimum absolute atomic E-state index is 0.596. The lowest BCUT2D eigenvalue weighted by atomic mass is 9.93. The van der Waals surface area contributed by atoms with E-state index in [1.807, 2.05) is 0 Å². The van der Waals surface area contributed by atoms with Gasteiger partial charge >= 0.3 is 0 Å². The Labute approximate surface area is 331 Å². The van der Waals surface area contributed by atoms with E-state index in [4.69, 9.17) is 33.2 Å². The summed E-state index contributed by atoms with van der Waals surface area (Å²) in [6.45, 7) is 0.955. The first-order chi connectivity index (χ1) is 27.3. The fraction of sp³-hybridized carbons (Fsp3) is 0.879. The van der Waals surface area contributed by atoms with Crippen molar-refractivity contribution in [3.63, 3.8) is 0 Å². The van der Waals surface area contributed by atoms with E-state index in [1.54, 1.807) is 0 Å². The Morgan fingerprint density at radius 2 is 0.845 bits per heavy atom. The molecule has 4 aliphatic rings. The maximum atomic E-state index is 12.4. The zero-order valence-electron chi connectivity index (χ0n) is 32.3. The van der Waals surface area contributed by atoms with Gasteiger partial charge in [0.15, 0.2) is 25.2 Å². The van der Waals surface area contributed by atoms with E-state index < -0.39 is 173 Å². The second-order valence-corrected chi connectivity index (χ2v) is 14.5. The Balaban J connectivity index is 1.62. The summed E-state index contributed by atoms with van der Waals surface area (Å²) in [7, 11) is 1.27. The predicted molar refractivity (Wildman–Crippen MR) is 185 cm³/mol. The first-order valence-electron chi connectivity index (χ1n) is 18.4. The van der Waals surface area contributed by atoms with Gasteiger partial charge in [0.2, 0.25) is 23.6 Å². The second kappa shape index (κ2) is 20.6. The zero-order chi connectivity index (χ0) is 43.3. The standard InChI is InChI=1S/C33H56N4O21/c1-10(42)34-18-23(47)27(15(7-39)52-30(18)51)56-31-19(35-11(2)43)24(48)28(16(8-40)54-31)57-32-20(36-12(3)44)25(49)29(17(9-41)55-32)58-33-21(37(5)13(4)45)26(50)22(46)14(6-38)53-33/h14-33,38-41,46-51H,6-9H2,1-5H3,(H,34,42)(H,35,43)(H,36,44)/t14-,15-,16-,17-,18-,19-,20-,21-,22-,23?,24-,25?,26-,27-,28-,29-,30?,31-,32+,33-/m1/s1. The highest BCUT2D eigenvalue weighted by atomic mass is 16.8. The molecule has 3 unspecified atom stereocenters. The molecule has 4 amide bonds. The Morgan fingerprint density at radius 1 is 0.500 bits per heavy atom. The first kappa shape index (κ1) is 47.9. The molecule has 0 bridgehead atoms. The van der Waals surface area contributed by atoms with Gasteiger partial charge in [-0.15, -0.1) is 0 Å². The summed E-state index contributed by atoms with van der Waals surface area (Å²) in [5.41, 5.74) is 0. The van der Waals surface area contributed by atoms with Crippen molar-refractivity contribution in [2.75, 3.05) is 33.5 Å². The highest BCUT2D eigenvalue weighted by Gasteiger charge is 2.56. The molecule has 4 fully saturated rings. The van der Waals surface area contributed by atoms with Crippen LogP contribution in [0.2, 0.25) is 0 Å². The number of carbonyl (C=O) groups is 4. The summed E-state index contributed by atoms with van der Waals surface area (Å²) in [5.74, 6) is -2.75. The number of nitrogens with one attached hydrogen (secondary N) is 3. The van der Waals surface area contributed by atoms with Crippen LogP contribution in [0.25, 0.3) is 0 Å². The summed E-state index contributed by atoms with van der Waals surface area (Å²) in [5, 5.41) is 114. The molecule has 4 heterocycles. The van der Waals surface area contributed by atoms with E-state index in [0.717, 1.165) is 32.6 Å². The molecule has 4 aliphatic heterocycles. The van der Waals surface area contributed by atoms with Crippen molar-refractivity contribution in [3.05, 3.63) is 0 Å². The number of hydrogen-bond donors (Lipinski definition) is 13. The van der Waals surface area contributed by atoms with Crippen LogP contribution in [-0.4, -0.2) is 236 Å². The van der Waals surface area contributed by atoms with E-state index in [-0.39, 0.29) is 0 Å². The van der Waals surface area contributed by atoms with E-state index in [0.29, 0.717) is 0 Å². The SMILES string of the molecule is CC(=O)N[C@H]1C(O)O[C@H](CO)[C@@H](O[C@H]2O[C@H](CO)[C@@H](O[C@@H]3O[C@H](CO)[C@@H](O[C@H]4O[C@H](CO)[C@@H](O)[C@H](O)[C@H]4N(C)C(C)=O)C(O)[C@H]3NC(C)=O)[C@H](O)[C@H]2NC(C)=O)C1O. The van der Waals surface area contributed by atoms with Crippen LogP contribution in [0.1, 0.15) is 27.7 Å². The van der Waals surface area contributed by atoms with Crippen molar-refractivity contribution in [2.45, 2.75) is 150 Å². The van der Waals surface area contributed by atoms with Gasteiger partial charge in [-0.05, 0) is 0 Å². The number of ether oxygens (including phenoxy) is 7. The molecule has 4 rings (SSSR count). The Bertz CT molecular complexity index is 1400. The molecule has 20 atom stereocenters. The molecule has 13 N–H and O–H groups in total. The summed E-state index contributed by atoms with van der Waals surface area (Å²) >= 11 is 0. The summed E-state index contributed by atoms with van der Waals surface area (Å²) < 4.78 is 40.8. The Kier molecular flexibility index (Phi) is 17.0. The number of likely N-dealkylation sites (N-methyl/N-ethyl adjacent to an activating group) is 1. The molecule has 0 radical (unpaired) electrons. The van der Waals surface area contributed by atoms with E-state index in [2.05, 4.69) is 16.0 Å². The van der Waals surface area contributed by atoms with E-state index >= 15 is 0 Å². The Hall–Kier alpha value is -2.80. The van der Waals surface area contributed by atoms with Crippen LogP contribution < -0.4 is 16.0 Å². The van der Waals surface area contributed by atoms with Crippen LogP contribution in [0.5, 0.6) is 0 Å². The zero-order valence-corrected chi connectivity index (χ0v) is 32.3. The van der Waals surface area contributed by atoms with Gasteiger partial charge in [-0.3, -0.25) is 19.2 Å². The number of carbonyl (C=O) groups excluding carboxylic acids is 4. The third-order valence-corrected chi connectivity index (χ3v) is 10.4. The van der Waals surface area contributed by atoms with Crippen LogP contribution in [-0.2, 0) is 52.3 Å². The van der Waals surface area contributed by atoms with Gasteiger partial charge in [-0.2, -0.15) is 0 Å². The summed E-state index contributed by atoms with van der Waals surface area (Å²) in [4.78, 5) is 49.9. The molecule has 0 aliphatic carbocycles. The number of nitrogens with zero attached hydrogens (tertiary/aromatic N) is 1. The Morgan fingerprint density at radius 3 is 1.22 bits per heavy atom. The van der Waals surface area contributed by atoms with Crippen LogP contribution in [0.3, 0.4) is 0 Å². The minimum Gasteiger partial charge on any atom is -0.394 e. The molecule has 0 aromatic heterocycles. The average molecular weight is 845 g/mol. The third-order valence-electron chi connectivity index (χ3n) is 10.4. The number of amides is 4. The normalized spacial score (nSPS) is 43.2. The fourth-order valence-electron chi connectivity index (χ4n) is 7.39. The lowest BCUT2D eigenvalue weighted by molar-refractivity contribution is -0.363. The van der Waals surface area contributed by atoms with Crippen LogP contribution in [0.4, 0.5) is 0 Å². The van der Waals surface area contributed by atoms with Crippen LogP contribution in [0, 0.1) is 0 Å². The van der Waals surface area contributed by atoms with Crippen molar-refractivity contribution in [1.29, 1.82) is 0 Å². The predicted octanol–water partition coefficient (Wildman–Crippen LogP) is -8.83. The minimum atomic E-state index is -1.90. The lowest BCUT2D eigenvalue weighted by Gasteiger charge is -2.51. The van der Waals surface area contributed by atoms with Gasteiger partial charge in [-0.1, -0.05) is 0 Å². The molecular formula is C33H56N4O21. The van der Waals surface area contributed by atoms with Crippen molar-refractivity contribution in [1.82, 2.24) is 20.9 Å². The second-order valence-electron chi connectivity index (χ2n) is 14.5. The molecular weight excluding hydrogens is 788 g/mol. The number of aliphatic hydroxyl groups excluding tert-OH is 10. The molecule has 25 heteroatoms. The molecule has 0 saturated carbocycles. The van der Waals surface area contributed by atoms with Crippen molar-refractivity contribution < 1.29 is 103 Å². The summed E-state index contributed by atoms with van der Waals surface area (Å²) in [6, 6.07) is -6.10. The molecule has 334 valence electrons. The molecule has 0 spiro atoms. The maximum Gasteiger partial charge on any atom is 0.219 e. The van der Waals surface area contributed by atoms with E-state index in [9.17, 15) is 70.2 Å². The molecule has 4 saturated heterocycles. The van der Waals surface area contributed by atoms with Gasteiger partial charge in [0.05, 0.1) is 26.4 Å². The first-order valence-corrected chi connectivity index (χ1v) is 18.4. The molecule has 0 aromatic rings. The maximum absolute atomic E-state index is 12.4. The van der Waals surface area contributed by atoms with Gasteiger partial charge in [0, 0.05) is 34.7 Å². The van der Waals surface area contributed by atoms with Gasteiger partial charge in [0.1, 0.15) is 97.4 Å². The van der Waals surface area contributed by atoms with Gasteiger partial charge in [-0.25, -0.2) is 0 Å². The largest absolute Gasteiger partial charge is 0.394 e. The van der Waals surface area contributed by atoms with E-state index in [1.165, 1.54) is 7.05 Å². The highest BCUT2D eigenvalue weighted by molar-refractivity contribution is 5.74. The lowest BCUT2D eigenvalue weighted by Crippen LogP contribution is -2.71. The monoisotopic (exact) mass is 844 g/mol. The third kappa shape index (κ3) is 10.6. The highest BCUT2D eigenvalue weighted by Crippen LogP contribution is 2.35. The average Bonchev–Trinajstić information content (AvgIpc) is 3.16. The number of rotatable bonds is 14. The topological polar surface area (TPSA) is 375 Å². The van der Waals surface area contributed by atoms with Gasteiger partial charge in [0.25, 0.3) is 0 Å². The fourth-order valence-corrected chi connectivity index (χ4v) is 7.39. The van der Waals surface area contributed by atoms with Crippen LogP contribution >= 0.6 is 0 Å². The smallest absolute Gasteiger partial charge is 0.219 e. The molecule has 25 nitrogen and oxygen atoms in total. The van der Waals surface area contributed by atoms with Crippen molar-refractivity contribution >= 4 is 23.6 Å². The quantitative estimate of drug-likeness (QED) is 0.0772. The molecule has 58 heavy (non-hydrogen) atoms. The van der Waals surface area contributed by atoms with Gasteiger partial charge < -0.3 is 105 Å². The number of hydrogen-bond acceptors (Lipinski definition) is 21. The van der Waals surface area contributed by atoms with Crippen molar-refractivity contribution in [2.24, 2.45) is 0 Å². The molecule has 0 aromatic carbocycles. The number of aliphatic hydroxyl groups is 10.